The van der Waals surface area contributed by atoms with Crippen molar-refractivity contribution < 1.29 is 9.53 Å². The zero-order valence-electron chi connectivity index (χ0n) is 6.75. The van der Waals surface area contributed by atoms with Crippen molar-refractivity contribution in [3.05, 3.63) is 0 Å². The molecule has 0 aromatic carbocycles. The predicted molar refractivity (Wildman–Crippen MR) is 40.8 cm³/mol. The Bertz CT molecular complexity index is 149. The minimum absolute atomic E-state index is 0.0107. The van der Waals surface area contributed by atoms with Gasteiger partial charge in [0.05, 0.1) is 0 Å². The molecule has 0 saturated carbocycles. The van der Waals surface area contributed by atoms with Crippen LogP contribution in [0.5, 0.6) is 0 Å². The van der Waals surface area contributed by atoms with Crippen LogP contribution in [0.15, 0.2) is 0 Å². The van der Waals surface area contributed by atoms with E-state index in [1.165, 1.54) is 0 Å². The van der Waals surface area contributed by atoms with Crippen LogP contribution in [0.2, 0.25) is 0 Å². The van der Waals surface area contributed by atoms with Crippen molar-refractivity contribution in [3.63, 3.8) is 0 Å². The first-order valence-corrected chi connectivity index (χ1v) is 3.82. The maximum Gasteiger partial charge on any atom is 0.324 e. The van der Waals surface area contributed by atoms with Crippen molar-refractivity contribution in [3.8, 4) is 0 Å². The van der Waals surface area contributed by atoms with Gasteiger partial charge in [-0.2, -0.15) is 0 Å². The lowest BCUT2D eigenvalue weighted by Crippen LogP contribution is -2.35. The Balaban J connectivity index is 2.39. The molecule has 1 atom stereocenters. The first-order chi connectivity index (χ1) is 5.25. The lowest BCUT2D eigenvalue weighted by atomic mass is 10.2. The largest absolute Gasteiger partial charge is 0.449 e. The van der Waals surface area contributed by atoms with Crippen LogP contribution < -0.4 is 5.73 Å². The van der Waals surface area contributed by atoms with Gasteiger partial charge in [-0.05, 0) is 26.4 Å². The van der Waals surface area contributed by atoms with Crippen LogP contribution in [0.25, 0.3) is 0 Å². The monoisotopic (exact) mass is 158 g/mol. The van der Waals surface area contributed by atoms with Crippen LogP contribution in [-0.4, -0.2) is 37.2 Å². The summed E-state index contributed by atoms with van der Waals surface area (Å²) < 4.78 is 4.69. The molecule has 0 aromatic rings. The summed E-state index contributed by atoms with van der Waals surface area (Å²) >= 11 is 0. The molecule has 4 heteroatoms. The summed E-state index contributed by atoms with van der Waals surface area (Å²) in [5.74, 6) is -0.187. The molecular formula is C7H14N2O2. The van der Waals surface area contributed by atoms with Gasteiger partial charge in [0, 0.05) is 0 Å². The van der Waals surface area contributed by atoms with Crippen molar-refractivity contribution in [2.45, 2.75) is 18.9 Å². The number of ether oxygens (including phenoxy) is 1. The number of carbonyl (C=O) groups excluding carboxylic acids is 1. The van der Waals surface area contributed by atoms with Gasteiger partial charge in [-0.1, -0.05) is 0 Å². The van der Waals surface area contributed by atoms with Crippen molar-refractivity contribution in [2.75, 3.05) is 20.3 Å². The van der Waals surface area contributed by atoms with Crippen molar-refractivity contribution >= 4 is 5.97 Å². The first-order valence-electron chi connectivity index (χ1n) is 3.82. The van der Waals surface area contributed by atoms with E-state index in [2.05, 4.69) is 0 Å². The third kappa shape index (κ3) is 1.91. The van der Waals surface area contributed by atoms with E-state index in [1.54, 1.807) is 0 Å². The molecule has 1 rings (SSSR count). The third-order valence-electron chi connectivity index (χ3n) is 2.02. The molecule has 0 spiro atoms. The summed E-state index contributed by atoms with van der Waals surface area (Å²) in [6.07, 6.45) is 1.97. The molecule has 0 aliphatic carbocycles. The zero-order valence-corrected chi connectivity index (χ0v) is 6.75. The highest BCUT2D eigenvalue weighted by Crippen LogP contribution is 2.15. The summed E-state index contributed by atoms with van der Waals surface area (Å²) in [4.78, 5) is 13.1. The number of carbonyl (C=O) groups is 1. The normalized spacial score (nSPS) is 25.5. The van der Waals surface area contributed by atoms with Gasteiger partial charge < -0.3 is 4.74 Å². The molecule has 1 aliphatic heterocycles. The van der Waals surface area contributed by atoms with Crippen LogP contribution >= 0.6 is 0 Å². The smallest absolute Gasteiger partial charge is 0.324 e. The van der Waals surface area contributed by atoms with E-state index in [0.29, 0.717) is 0 Å². The second kappa shape index (κ2) is 3.69. The number of rotatable bonds is 2. The fraction of sp³-hybridized carbons (Fsp3) is 0.857. The van der Waals surface area contributed by atoms with Gasteiger partial charge in [-0.15, -0.1) is 0 Å². The van der Waals surface area contributed by atoms with E-state index in [9.17, 15) is 4.79 Å². The van der Waals surface area contributed by atoms with Crippen LogP contribution in [0, 0.1) is 0 Å². The fourth-order valence-electron chi connectivity index (χ4n) is 1.39. The second-order valence-electron chi connectivity index (χ2n) is 2.77. The summed E-state index contributed by atoms with van der Waals surface area (Å²) in [5.41, 5.74) is 5.08. The lowest BCUT2D eigenvalue weighted by Gasteiger charge is -2.16. The quantitative estimate of drug-likeness (QED) is 0.436. The minimum atomic E-state index is -0.187. The molecule has 1 saturated heterocycles. The Kier molecular flexibility index (Phi) is 2.84. The van der Waals surface area contributed by atoms with Gasteiger partial charge in [0.15, 0.2) is 0 Å². The molecule has 1 fully saturated rings. The van der Waals surface area contributed by atoms with Gasteiger partial charge in [0.25, 0.3) is 0 Å². The van der Waals surface area contributed by atoms with Crippen LogP contribution in [0.3, 0.4) is 0 Å². The molecule has 0 radical (unpaired) electrons. The van der Waals surface area contributed by atoms with Crippen molar-refractivity contribution in [2.24, 2.45) is 5.73 Å². The first kappa shape index (κ1) is 8.49. The molecule has 1 aliphatic rings. The number of esters is 1. The van der Waals surface area contributed by atoms with Gasteiger partial charge in [-0.3, -0.25) is 15.4 Å². The molecule has 2 N–H and O–H groups in total. The summed E-state index contributed by atoms with van der Waals surface area (Å²) in [5, 5.41) is 0. The molecule has 1 heterocycles. The SMILES string of the molecule is CN1CCC[C@H]1C(=O)OCN. The van der Waals surface area contributed by atoms with E-state index in [0.717, 1.165) is 19.4 Å². The fourth-order valence-corrected chi connectivity index (χ4v) is 1.39. The third-order valence-corrected chi connectivity index (χ3v) is 2.02. The highest BCUT2D eigenvalue weighted by atomic mass is 16.5. The van der Waals surface area contributed by atoms with Crippen molar-refractivity contribution in [1.29, 1.82) is 0 Å². The Hall–Kier alpha value is -0.610. The number of nitrogens with zero attached hydrogens (tertiary/aromatic N) is 1. The van der Waals surface area contributed by atoms with Gasteiger partial charge in [0.1, 0.15) is 12.8 Å². The van der Waals surface area contributed by atoms with Gasteiger partial charge in [0.2, 0.25) is 0 Å². The summed E-state index contributed by atoms with van der Waals surface area (Å²) in [6.45, 7) is 0.966. The van der Waals surface area contributed by atoms with Gasteiger partial charge >= 0.3 is 5.97 Å². The maximum atomic E-state index is 11.1. The Morgan fingerprint density at radius 2 is 2.55 bits per heavy atom. The molecule has 4 nitrogen and oxygen atoms in total. The maximum absolute atomic E-state index is 11.1. The number of hydrogen-bond acceptors (Lipinski definition) is 4. The highest BCUT2D eigenvalue weighted by molar-refractivity contribution is 5.76. The van der Waals surface area contributed by atoms with E-state index in [4.69, 9.17) is 10.5 Å². The van der Waals surface area contributed by atoms with Gasteiger partial charge in [-0.25, -0.2) is 0 Å². The molecule has 0 unspecified atom stereocenters. The van der Waals surface area contributed by atoms with Crippen LogP contribution in [0.4, 0.5) is 0 Å². The molecule has 0 bridgehead atoms. The van der Waals surface area contributed by atoms with E-state index in [-0.39, 0.29) is 18.7 Å². The number of hydrogen-bond donors (Lipinski definition) is 1. The van der Waals surface area contributed by atoms with Crippen LogP contribution in [-0.2, 0) is 9.53 Å². The zero-order chi connectivity index (χ0) is 8.27. The van der Waals surface area contributed by atoms with Crippen LogP contribution in [0.1, 0.15) is 12.8 Å². The molecule has 64 valence electrons. The Morgan fingerprint density at radius 1 is 1.82 bits per heavy atom. The Labute approximate surface area is 66.3 Å². The molecule has 11 heavy (non-hydrogen) atoms. The lowest BCUT2D eigenvalue weighted by molar-refractivity contribution is -0.148. The van der Waals surface area contributed by atoms with E-state index in [1.807, 2.05) is 11.9 Å². The van der Waals surface area contributed by atoms with E-state index >= 15 is 0 Å². The second-order valence-corrected chi connectivity index (χ2v) is 2.77. The molecular weight excluding hydrogens is 144 g/mol. The number of likely N-dealkylation sites (N-methyl/N-ethyl adjacent to an activating group) is 1. The standard InChI is InChI=1S/C7H14N2O2/c1-9-4-2-3-6(9)7(10)11-5-8/h6H,2-5,8H2,1H3/t6-/m0/s1. The van der Waals surface area contributed by atoms with Crippen molar-refractivity contribution in [1.82, 2.24) is 4.90 Å². The Morgan fingerprint density at radius 3 is 3.00 bits per heavy atom. The average molecular weight is 158 g/mol. The minimum Gasteiger partial charge on any atom is -0.449 e. The summed E-state index contributed by atoms with van der Waals surface area (Å²) in [7, 11) is 1.93. The van der Waals surface area contributed by atoms with E-state index < -0.39 is 0 Å². The average Bonchev–Trinajstić information content (AvgIpc) is 2.36. The molecule has 0 amide bonds. The number of nitrogens with two attached hydrogens (primary N) is 1. The topological polar surface area (TPSA) is 55.6 Å². The number of likely N-dealkylation sites (tertiary alicyclic amines) is 1. The summed E-state index contributed by atoms with van der Waals surface area (Å²) in [6, 6.07) is -0.0569. The highest BCUT2D eigenvalue weighted by Gasteiger charge is 2.28. The predicted octanol–water partition coefficient (Wildman–Crippen LogP) is -0.460. The molecule has 0 aromatic heterocycles.